The Labute approximate surface area is 206 Å². The van der Waals surface area contributed by atoms with E-state index in [9.17, 15) is 4.79 Å². The first-order chi connectivity index (χ1) is 17.0. The van der Waals surface area contributed by atoms with E-state index < -0.39 is 0 Å². The Morgan fingerprint density at radius 3 is 2.54 bits per heavy atom. The number of methoxy groups -OCH3 is 1. The number of aromatic nitrogens is 2. The molecule has 1 amide bonds. The van der Waals surface area contributed by atoms with Crippen molar-refractivity contribution in [1.29, 1.82) is 0 Å². The molecule has 1 aliphatic rings. The number of carbonyl (C=O) groups is 1. The smallest absolute Gasteiger partial charge is 0.227 e. The van der Waals surface area contributed by atoms with Gasteiger partial charge in [0.05, 0.1) is 24.8 Å². The van der Waals surface area contributed by atoms with E-state index >= 15 is 0 Å². The van der Waals surface area contributed by atoms with Crippen molar-refractivity contribution in [3.63, 3.8) is 0 Å². The number of imidazole rings is 1. The summed E-state index contributed by atoms with van der Waals surface area (Å²) >= 11 is 0. The summed E-state index contributed by atoms with van der Waals surface area (Å²) in [6.45, 7) is 6.14. The molecule has 1 aliphatic heterocycles. The second kappa shape index (κ2) is 9.82. The molecule has 35 heavy (non-hydrogen) atoms. The second-order valence-corrected chi connectivity index (χ2v) is 9.14. The third-order valence-electron chi connectivity index (χ3n) is 6.83. The first-order valence-corrected chi connectivity index (χ1v) is 12.1. The van der Waals surface area contributed by atoms with Crippen molar-refractivity contribution in [2.24, 2.45) is 0 Å². The van der Waals surface area contributed by atoms with E-state index in [1.165, 1.54) is 11.1 Å². The standard InChI is InChI=1S/C29H31N3O3/c1-20-13-14-23(17-21(20)2)32-19-22(18-28(32)33)29-30-24-9-4-5-10-25(24)31(29)15-8-16-35-27-12-7-6-11-26(27)34-3/h4-7,9-14,17,22H,8,15-16,18-19H2,1-3H3. The molecule has 0 radical (unpaired) electrons. The van der Waals surface area contributed by atoms with Crippen molar-refractivity contribution < 1.29 is 14.3 Å². The highest BCUT2D eigenvalue weighted by Crippen LogP contribution is 2.34. The van der Waals surface area contributed by atoms with E-state index in [0.717, 1.165) is 47.0 Å². The minimum atomic E-state index is 0.0478. The van der Waals surface area contributed by atoms with Gasteiger partial charge in [-0.3, -0.25) is 4.79 Å². The average molecular weight is 470 g/mol. The summed E-state index contributed by atoms with van der Waals surface area (Å²) in [6.07, 6.45) is 1.28. The largest absolute Gasteiger partial charge is 0.493 e. The second-order valence-electron chi connectivity index (χ2n) is 9.14. The number of hydrogen-bond acceptors (Lipinski definition) is 4. The number of anilines is 1. The minimum absolute atomic E-state index is 0.0478. The fraction of sp³-hybridized carbons (Fsp3) is 0.310. The van der Waals surface area contributed by atoms with Gasteiger partial charge in [0.15, 0.2) is 11.5 Å². The van der Waals surface area contributed by atoms with Crippen LogP contribution in [-0.2, 0) is 11.3 Å². The van der Waals surface area contributed by atoms with E-state index in [1.807, 2.05) is 53.4 Å². The molecule has 1 aromatic heterocycles. The van der Waals surface area contributed by atoms with Crippen LogP contribution in [0.3, 0.4) is 0 Å². The van der Waals surface area contributed by atoms with E-state index in [1.54, 1.807) is 7.11 Å². The maximum absolute atomic E-state index is 13.0. The van der Waals surface area contributed by atoms with Gasteiger partial charge in [-0.25, -0.2) is 4.98 Å². The number of nitrogens with zero attached hydrogens (tertiary/aromatic N) is 3. The van der Waals surface area contributed by atoms with Gasteiger partial charge in [0.1, 0.15) is 5.82 Å². The molecule has 0 aliphatic carbocycles. The molecular formula is C29H31N3O3. The zero-order valence-corrected chi connectivity index (χ0v) is 20.5. The molecule has 1 unspecified atom stereocenters. The number of aryl methyl sites for hydroxylation is 3. The van der Waals surface area contributed by atoms with Crippen LogP contribution in [0.1, 0.15) is 35.7 Å². The lowest BCUT2D eigenvalue weighted by Gasteiger charge is -2.18. The minimum Gasteiger partial charge on any atom is -0.493 e. The molecule has 180 valence electrons. The van der Waals surface area contributed by atoms with Gasteiger partial charge in [0.25, 0.3) is 0 Å². The van der Waals surface area contributed by atoms with Crippen LogP contribution in [0.4, 0.5) is 5.69 Å². The number of ether oxygens (including phenoxy) is 2. The SMILES string of the molecule is COc1ccccc1OCCCn1c(C2CC(=O)N(c3ccc(C)c(C)c3)C2)nc2ccccc21. The average Bonchev–Trinajstić information content (AvgIpc) is 3.44. The Bertz CT molecular complexity index is 1360. The molecule has 5 rings (SSSR count). The molecule has 3 aromatic carbocycles. The van der Waals surface area contributed by atoms with Gasteiger partial charge in [0.2, 0.25) is 5.91 Å². The third-order valence-corrected chi connectivity index (χ3v) is 6.83. The normalized spacial score (nSPS) is 15.7. The molecule has 6 nitrogen and oxygen atoms in total. The van der Waals surface area contributed by atoms with Crippen LogP contribution in [0.5, 0.6) is 11.5 Å². The number of carbonyl (C=O) groups excluding carboxylic acids is 1. The molecule has 0 saturated carbocycles. The van der Waals surface area contributed by atoms with Crippen LogP contribution in [0, 0.1) is 13.8 Å². The van der Waals surface area contributed by atoms with E-state index in [0.29, 0.717) is 19.6 Å². The van der Waals surface area contributed by atoms with Gasteiger partial charge in [-0.05, 0) is 67.8 Å². The van der Waals surface area contributed by atoms with E-state index in [4.69, 9.17) is 14.5 Å². The Kier molecular flexibility index (Phi) is 6.45. The Balaban J connectivity index is 1.35. The van der Waals surface area contributed by atoms with Gasteiger partial charge in [0, 0.05) is 31.1 Å². The van der Waals surface area contributed by atoms with Crippen molar-refractivity contribution in [2.45, 2.75) is 39.2 Å². The van der Waals surface area contributed by atoms with Crippen molar-refractivity contribution in [1.82, 2.24) is 9.55 Å². The van der Waals surface area contributed by atoms with Crippen molar-refractivity contribution in [3.8, 4) is 11.5 Å². The van der Waals surface area contributed by atoms with Gasteiger partial charge in [-0.1, -0.05) is 30.3 Å². The van der Waals surface area contributed by atoms with Crippen LogP contribution in [-0.4, -0.2) is 35.7 Å². The van der Waals surface area contributed by atoms with Gasteiger partial charge >= 0.3 is 0 Å². The van der Waals surface area contributed by atoms with Gasteiger partial charge in [-0.15, -0.1) is 0 Å². The van der Waals surface area contributed by atoms with E-state index in [-0.39, 0.29) is 11.8 Å². The highest BCUT2D eigenvalue weighted by atomic mass is 16.5. The summed E-state index contributed by atoms with van der Waals surface area (Å²) in [7, 11) is 1.65. The predicted molar refractivity (Wildman–Crippen MR) is 138 cm³/mol. The third kappa shape index (κ3) is 4.61. The van der Waals surface area contributed by atoms with Crippen LogP contribution < -0.4 is 14.4 Å². The Morgan fingerprint density at radius 1 is 0.971 bits per heavy atom. The monoisotopic (exact) mass is 469 g/mol. The number of amides is 1. The Hall–Kier alpha value is -3.80. The van der Waals surface area contributed by atoms with Crippen molar-refractivity contribution in [2.75, 3.05) is 25.2 Å². The zero-order chi connectivity index (χ0) is 24.4. The molecular weight excluding hydrogens is 438 g/mol. The summed E-state index contributed by atoms with van der Waals surface area (Å²) in [4.78, 5) is 19.9. The Morgan fingerprint density at radius 2 is 1.74 bits per heavy atom. The summed E-state index contributed by atoms with van der Waals surface area (Å²) < 4.78 is 13.6. The highest BCUT2D eigenvalue weighted by Gasteiger charge is 2.34. The summed E-state index contributed by atoms with van der Waals surface area (Å²) in [5.41, 5.74) is 5.45. The topological polar surface area (TPSA) is 56.6 Å². The van der Waals surface area contributed by atoms with Gasteiger partial charge in [-0.2, -0.15) is 0 Å². The molecule has 2 heterocycles. The van der Waals surface area contributed by atoms with Crippen LogP contribution in [0.2, 0.25) is 0 Å². The lowest BCUT2D eigenvalue weighted by molar-refractivity contribution is -0.117. The molecule has 1 fully saturated rings. The first kappa shape index (κ1) is 23.0. The lowest BCUT2D eigenvalue weighted by atomic mass is 10.1. The number of benzene rings is 3. The highest BCUT2D eigenvalue weighted by molar-refractivity contribution is 5.96. The maximum atomic E-state index is 13.0. The molecule has 0 bridgehead atoms. The van der Waals surface area contributed by atoms with Crippen LogP contribution >= 0.6 is 0 Å². The zero-order valence-electron chi connectivity index (χ0n) is 20.5. The fourth-order valence-corrected chi connectivity index (χ4v) is 4.81. The maximum Gasteiger partial charge on any atom is 0.227 e. The van der Waals surface area contributed by atoms with Crippen LogP contribution in [0.15, 0.2) is 66.7 Å². The molecule has 0 N–H and O–H groups in total. The van der Waals surface area contributed by atoms with Crippen molar-refractivity contribution in [3.05, 3.63) is 83.7 Å². The molecule has 6 heteroatoms. The summed E-state index contributed by atoms with van der Waals surface area (Å²) in [5, 5.41) is 0. The van der Waals surface area contributed by atoms with E-state index in [2.05, 4.69) is 36.6 Å². The molecule has 0 spiro atoms. The molecule has 4 aromatic rings. The fourth-order valence-electron chi connectivity index (χ4n) is 4.81. The summed E-state index contributed by atoms with van der Waals surface area (Å²) in [6, 6.07) is 22.1. The van der Waals surface area contributed by atoms with Crippen LogP contribution in [0.25, 0.3) is 11.0 Å². The number of para-hydroxylation sites is 4. The van der Waals surface area contributed by atoms with Crippen molar-refractivity contribution >= 4 is 22.6 Å². The number of rotatable bonds is 8. The summed E-state index contributed by atoms with van der Waals surface area (Å²) in [5.74, 6) is 2.65. The quantitative estimate of drug-likeness (QED) is 0.313. The lowest BCUT2D eigenvalue weighted by Crippen LogP contribution is -2.24. The molecule has 1 saturated heterocycles. The number of hydrogen-bond donors (Lipinski definition) is 0. The molecule has 1 atom stereocenters. The first-order valence-electron chi connectivity index (χ1n) is 12.1. The van der Waals surface area contributed by atoms with Gasteiger partial charge < -0.3 is 18.9 Å². The predicted octanol–water partition coefficient (Wildman–Crippen LogP) is 5.65. The number of fused-ring (bicyclic) bond motifs is 1.